The predicted molar refractivity (Wildman–Crippen MR) is 157 cm³/mol. The van der Waals surface area contributed by atoms with Crippen molar-refractivity contribution in [3.05, 3.63) is 88.9 Å². The van der Waals surface area contributed by atoms with E-state index >= 15 is 0 Å². The van der Waals surface area contributed by atoms with Gasteiger partial charge < -0.3 is 19.1 Å². The lowest BCUT2D eigenvalue weighted by atomic mass is 10.0. The number of sulfonamides is 1. The molecule has 3 aromatic carbocycles. The van der Waals surface area contributed by atoms with E-state index in [9.17, 15) is 8.42 Å². The molecule has 0 spiro atoms. The quantitative estimate of drug-likeness (QED) is 0.351. The summed E-state index contributed by atoms with van der Waals surface area (Å²) in [5, 5.41) is 0.360. The lowest BCUT2D eigenvalue weighted by Crippen LogP contribution is -2.49. The number of methoxy groups -OCH3 is 1. The number of halogens is 1. The van der Waals surface area contributed by atoms with Gasteiger partial charge in [0.1, 0.15) is 16.7 Å². The molecular formula is C30H36ClN3O5S. The molecule has 0 N–H and O–H groups in total. The topological polar surface area (TPSA) is 71.6 Å². The van der Waals surface area contributed by atoms with Crippen LogP contribution >= 0.6 is 11.6 Å². The van der Waals surface area contributed by atoms with Gasteiger partial charge in [-0.25, -0.2) is 8.42 Å². The van der Waals surface area contributed by atoms with E-state index in [-0.39, 0.29) is 11.0 Å². The molecule has 0 aromatic heterocycles. The van der Waals surface area contributed by atoms with Crippen LogP contribution in [-0.2, 0) is 19.5 Å². The van der Waals surface area contributed by atoms with Crippen molar-refractivity contribution in [1.29, 1.82) is 0 Å². The zero-order chi connectivity index (χ0) is 28.0. The number of benzene rings is 3. The minimum atomic E-state index is -3.71. The smallest absolute Gasteiger partial charge is 0.246 e. The SMILES string of the molecule is COc1ccc(Cl)cc1S(=O)(=O)N1CCN(CCOC(c2ccccc2)c2ccc(N3CCOCC3)cc2)CC1. The fourth-order valence-electron chi connectivity index (χ4n) is 5.18. The summed E-state index contributed by atoms with van der Waals surface area (Å²) in [7, 11) is -2.25. The molecule has 8 nitrogen and oxygen atoms in total. The first-order valence-corrected chi connectivity index (χ1v) is 15.4. The Morgan fingerprint density at radius 2 is 1.55 bits per heavy atom. The van der Waals surface area contributed by atoms with Crippen LogP contribution in [-0.4, -0.2) is 90.4 Å². The van der Waals surface area contributed by atoms with Gasteiger partial charge in [-0.1, -0.05) is 54.1 Å². The van der Waals surface area contributed by atoms with Crippen LogP contribution in [0, 0.1) is 0 Å². The molecule has 5 rings (SSSR count). The van der Waals surface area contributed by atoms with E-state index in [0.717, 1.165) is 37.4 Å². The van der Waals surface area contributed by atoms with E-state index in [0.29, 0.717) is 50.1 Å². The monoisotopic (exact) mass is 585 g/mol. The van der Waals surface area contributed by atoms with Crippen molar-refractivity contribution in [2.75, 3.05) is 77.6 Å². The van der Waals surface area contributed by atoms with Crippen LogP contribution in [0.15, 0.2) is 77.7 Å². The number of ether oxygens (including phenoxy) is 3. The largest absolute Gasteiger partial charge is 0.495 e. The van der Waals surface area contributed by atoms with Crippen LogP contribution in [0.2, 0.25) is 5.02 Å². The maximum Gasteiger partial charge on any atom is 0.246 e. The molecule has 2 heterocycles. The summed E-state index contributed by atoms with van der Waals surface area (Å²) in [4.78, 5) is 4.68. The minimum absolute atomic E-state index is 0.102. The third-order valence-electron chi connectivity index (χ3n) is 7.44. The molecule has 40 heavy (non-hydrogen) atoms. The van der Waals surface area contributed by atoms with Gasteiger partial charge >= 0.3 is 0 Å². The van der Waals surface area contributed by atoms with E-state index in [1.807, 2.05) is 18.2 Å². The molecule has 1 unspecified atom stereocenters. The lowest BCUT2D eigenvalue weighted by molar-refractivity contribution is 0.0527. The van der Waals surface area contributed by atoms with E-state index in [1.165, 1.54) is 23.2 Å². The number of nitrogens with zero attached hydrogens (tertiary/aromatic N) is 3. The Labute approximate surface area is 242 Å². The molecule has 0 aliphatic carbocycles. The van der Waals surface area contributed by atoms with Crippen molar-refractivity contribution in [2.24, 2.45) is 0 Å². The number of anilines is 1. The molecule has 2 aliphatic rings. The van der Waals surface area contributed by atoms with E-state index < -0.39 is 10.0 Å². The maximum absolute atomic E-state index is 13.3. The Kier molecular flexibility index (Phi) is 9.62. The van der Waals surface area contributed by atoms with Crippen LogP contribution < -0.4 is 9.64 Å². The van der Waals surface area contributed by atoms with E-state index in [2.05, 4.69) is 46.2 Å². The highest BCUT2D eigenvalue weighted by molar-refractivity contribution is 7.89. The summed E-state index contributed by atoms with van der Waals surface area (Å²) in [5.74, 6) is 0.296. The highest BCUT2D eigenvalue weighted by Crippen LogP contribution is 2.31. The van der Waals surface area contributed by atoms with Gasteiger partial charge in [0.15, 0.2) is 0 Å². The Bertz CT molecular complexity index is 1340. The van der Waals surface area contributed by atoms with Crippen molar-refractivity contribution in [3.63, 3.8) is 0 Å². The van der Waals surface area contributed by atoms with Gasteiger partial charge in [-0.15, -0.1) is 0 Å². The van der Waals surface area contributed by atoms with Crippen LogP contribution in [0.4, 0.5) is 5.69 Å². The highest BCUT2D eigenvalue weighted by Gasteiger charge is 2.31. The van der Waals surface area contributed by atoms with Gasteiger partial charge in [0.2, 0.25) is 10.0 Å². The van der Waals surface area contributed by atoms with Crippen LogP contribution in [0.5, 0.6) is 5.75 Å². The van der Waals surface area contributed by atoms with Gasteiger partial charge in [-0.2, -0.15) is 4.31 Å². The molecule has 0 saturated carbocycles. The summed E-state index contributed by atoms with van der Waals surface area (Å²) in [6.07, 6.45) is -0.183. The van der Waals surface area contributed by atoms with Crippen molar-refractivity contribution >= 4 is 27.3 Å². The fraction of sp³-hybridized carbons (Fsp3) is 0.400. The molecule has 1 atom stereocenters. The normalized spacial score (nSPS) is 18.0. The first kappa shape index (κ1) is 28.9. The lowest BCUT2D eigenvalue weighted by Gasteiger charge is -2.34. The predicted octanol–water partition coefficient (Wildman–Crippen LogP) is 4.30. The van der Waals surface area contributed by atoms with Gasteiger partial charge in [0.25, 0.3) is 0 Å². The molecule has 10 heteroatoms. The second kappa shape index (κ2) is 13.3. The molecule has 0 radical (unpaired) electrons. The average Bonchev–Trinajstić information content (AvgIpc) is 3.00. The second-order valence-corrected chi connectivity index (χ2v) is 12.2. The Morgan fingerprint density at radius 1 is 0.875 bits per heavy atom. The van der Waals surface area contributed by atoms with Gasteiger partial charge in [-0.05, 0) is 41.5 Å². The Morgan fingerprint density at radius 3 is 2.23 bits per heavy atom. The highest BCUT2D eigenvalue weighted by atomic mass is 35.5. The maximum atomic E-state index is 13.3. The molecule has 0 amide bonds. The standard InChI is InChI=1S/C30H36ClN3O5S/c1-37-28-12-9-26(31)23-29(28)40(35,36)34-15-13-32(14-16-34)17-22-39-30(24-5-3-2-4-6-24)25-7-10-27(11-8-25)33-18-20-38-21-19-33/h2-12,23,30H,13-22H2,1H3. The Hall–Kier alpha value is -2.66. The third-order valence-corrected chi connectivity index (χ3v) is 9.60. The molecular weight excluding hydrogens is 550 g/mol. The summed E-state index contributed by atoms with van der Waals surface area (Å²) >= 11 is 6.09. The number of rotatable bonds is 10. The minimum Gasteiger partial charge on any atom is -0.495 e. The van der Waals surface area contributed by atoms with E-state index in [4.69, 9.17) is 25.8 Å². The molecule has 2 aliphatic heterocycles. The zero-order valence-corrected chi connectivity index (χ0v) is 24.3. The van der Waals surface area contributed by atoms with Crippen molar-refractivity contribution < 1.29 is 22.6 Å². The molecule has 3 aromatic rings. The van der Waals surface area contributed by atoms with Crippen LogP contribution in [0.3, 0.4) is 0 Å². The van der Waals surface area contributed by atoms with Crippen LogP contribution in [0.1, 0.15) is 17.2 Å². The average molecular weight is 586 g/mol. The molecule has 2 fully saturated rings. The van der Waals surface area contributed by atoms with Gasteiger partial charge in [0.05, 0.1) is 26.9 Å². The zero-order valence-electron chi connectivity index (χ0n) is 22.7. The number of piperazine rings is 1. The number of hydrogen-bond acceptors (Lipinski definition) is 7. The first-order valence-electron chi connectivity index (χ1n) is 13.6. The van der Waals surface area contributed by atoms with Gasteiger partial charge in [-0.3, -0.25) is 4.90 Å². The number of morpholine rings is 1. The van der Waals surface area contributed by atoms with Crippen LogP contribution in [0.25, 0.3) is 0 Å². The first-order chi connectivity index (χ1) is 19.5. The van der Waals surface area contributed by atoms with Crippen molar-refractivity contribution in [2.45, 2.75) is 11.0 Å². The summed E-state index contributed by atoms with van der Waals surface area (Å²) < 4.78 is 45.3. The second-order valence-electron chi connectivity index (χ2n) is 9.89. The number of hydrogen-bond donors (Lipinski definition) is 0. The Balaban J connectivity index is 1.19. The van der Waals surface area contributed by atoms with E-state index in [1.54, 1.807) is 12.1 Å². The molecule has 0 bridgehead atoms. The molecule has 214 valence electrons. The summed E-state index contributed by atoms with van der Waals surface area (Å²) in [6.45, 7) is 6.58. The van der Waals surface area contributed by atoms with Gasteiger partial charge in [0, 0.05) is 56.5 Å². The summed E-state index contributed by atoms with van der Waals surface area (Å²) in [5.41, 5.74) is 3.41. The third kappa shape index (κ3) is 6.79. The fourth-order valence-corrected chi connectivity index (χ4v) is 7.02. The van der Waals surface area contributed by atoms with Crippen molar-refractivity contribution in [1.82, 2.24) is 9.21 Å². The summed E-state index contributed by atoms with van der Waals surface area (Å²) in [6, 6.07) is 23.5. The molecule has 2 saturated heterocycles. The van der Waals surface area contributed by atoms with Crippen molar-refractivity contribution in [3.8, 4) is 5.75 Å².